The van der Waals surface area contributed by atoms with Crippen molar-refractivity contribution in [2.75, 3.05) is 13.2 Å². The highest BCUT2D eigenvalue weighted by molar-refractivity contribution is 5.67. The molecule has 0 amide bonds. The van der Waals surface area contributed by atoms with Gasteiger partial charge in [-0.25, -0.2) is 9.97 Å². The van der Waals surface area contributed by atoms with E-state index in [1.54, 1.807) is 0 Å². The summed E-state index contributed by atoms with van der Waals surface area (Å²) in [7, 11) is 0. The van der Waals surface area contributed by atoms with Crippen molar-refractivity contribution >= 4 is 0 Å². The van der Waals surface area contributed by atoms with Gasteiger partial charge in [-0.05, 0) is 36.0 Å². The van der Waals surface area contributed by atoms with Gasteiger partial charge >= 0.3 is 6.18 Å². The van der Waals surface area contributed by atoms with Gasteiger partial charge in [-0.3, -0.25) is 0 Å². The minimum Gasteiger partial charge on any atom is -0.487 e. The molecule has 3 aromatic rings. The molecule has 0 aliphatic rings. The van der Waals surface area contributed by atoms with Crippen molar-refractivity contribution in [1.82, 2.24) is 9.97 Å². The Kier molecular flexibility index (Phi) is 10.7. The summed E-state index contributed by atoms with van der Waals surface area (Å²) in [5.41, 5.74) is 4.40. The molecule has 36 heavy (non-hydrogen) atoms. The second kappa shape index (κ2) is 14.0. The molecule has 1 unspecified atom stereocenters. The normalized spacial score (nSPS) is 12.5. The fraction of sp³-hybridized carbons (Fsp3) is 0.448. The van der Waals surface area contributed by atoms with E-state index in [0.717, 1.165) is 36.0 Å². The molecular formula is C29H35F3N2O2. The van der Waals surface area contributed by atoms with Crippen molar-refractivity contribution in [2.24, 2.45) is 0 Å². The zero-order valence-electron chi connectivity index (χ0n) is 21.1. The van der Waals surface area contributed by atoms with Crippen LogP contribution in [0.3, 0.4) is 0 Å². The van der Waals surface area contributed by atoms with Gasteiger partial charge in [0.2, 0.25) is 0 Å². The van der Waals surface area contributed by atoms with Crippen molar-refractivity contribution in [3.05, 3.63) is 66.5 Å². The Morgan fingerprint density at radius 2 is 1.31 bits per heavy atom. The van der Waals surface area contributed by atoms with Crippen LogP contribution >= 0.6 is 0 Å². The van der Waals surface area contributed by atoms with Gasteiger partial charge < -0.3 is 9.47 Å². The van der Waals surface area contributed by atoms with E-state index in [0.29, 0.717) is 12.2 Å². The number of hydrogen-bond donors (Lipinski definition) is 0. The van der Waals surface area contributed by atoms with Crippen LogP contribution in [-0.2, 0) is 11.2 Å². The molecule has 194 valence electrons. The topological polar surface area (TPSA) is 44.2 Å². The van der Waals surface area contributed by atoms with Crippen molar-refractivity contribution in [1.29, 1.82) is 0 Å². The number of rotatable bonds is 14. The third kappa shape index (κ3) is 8.63. The van der Waals surface area contributed by atoms with E-state index in [-0.39, 0.29) is 12.4 Å². The lowest BCUT2D eigenvalue weighted by atomic mass is 10.0. The van der Waals surface area contributed by atoms with Crippen molar-refractivity contribution in [2.45, 2.75) is 71.1 Å². The van der Waals surface area contributed by atoms with Gasteiger partial charge in [0.05, 0.1) is 12.4 Å². The van der Waals surface area contributed by atoms with Gasteiger partial charge in [0.25, 0.3) is 0 Å². The highest BCUT2D eigenvalue weighted by Crippen LogP contribution is 2.26. The molecule has 0 saturated carbocycles. The predicted octanol–water partition coefficient (Wildman–Crippen LogP) is 8.06. The molecule has 0 bridgehead atoms. The predicted molar refractivity (Wildman–Crippen MR) is 137 cm³/mol. The summed E-state index contributed by atoms with van der Waals surface area (Å²) in [5.74, 6) is 0.643. The van der Waals surface area contributed by atoms with Crippen LogP contribution in [0.4, 0.5) is 13.2 Å². The number of unbranched alkanes of at least 4 members (excludes halogenated alkanes) is 4. The third-order valence-corrected chi connectivity index (χ3v) is 5.96. The van der Waals surface area contributed by atoms with Gasteiger partial charge in [0.1, 0.15) is 6.61 Å². The van der Waals surface area contributed by atoms with E-state index in [1.165, 1.54) is 37.2 Å². The Labute approximate surface area is 211 Å². The number of aryl methyl sites for hydroxylation is 1. The average molecular weight is 501 g/mol. The van der Waals surface area contributed by atoms with Gasteiger partial charge in [-0.2, -0.15) is 13.2 Å². The summed E-state index contributed by atoms with van der Waals surface area (Å²) in [6.45, 7) is 3.61. The SMILES string of the molecule is CCCCCOC(COc1cnc(-c2ccc(-c3ccc(CCCCC)cc3)cc2)nc1)C(F)(F)F. The second-order valence-corrected chi connectivity index (χ2v) is 8.89. The summed E-state index contributed by atoms with van der Waals surface area (Å²) in [6, 6.07) is 16.5. The maximum atomic E-state index is 13.2. The molecule has 4 nitrogen and oxygen atoms in total. The number of nitrogens with zero attached hydrogens (tertiary/aromatic N) is 2. The average Bonchev–Trinajstić information content (AvgIpc) is 2.88. The maximum Gasteiger partial charge on any atom is 0.417 e. The van der Waals surface area contributed by atoms with Crippen molar-refractivity contribution in [3.63, 3.8) is 0 Å². The Morgan fingerprint density at radius 1 is 0.750 bits per heavy atom. The number of benzene rings is 2. The van der Waals surface area contributed by atoms with Crippen LogP contribution in [0.25, 0.3) is 22.5 Å². The molecule has 0 fully saturated rings. The molecule has 0 spiro atoms. The maximum absolute atomic E-state index is 13.2. The number of hydrogen-bond acceptors (Lipinski definition) is 4. The van der Waals surface area contributed by atoms with Crippen molar-refractivity contribution < 1.29 is 22.6 Å². The van der Waals surface area contributed by atoms with Crippen LogP contribution in [0, 0.1) is 0 Å². The van der Waals surface area contributed by atoms with E-state index in [1.807, 2.05) is 31.2 Å². The van der Waals surface area contributed by atoms with Crippen LogP contribution in [0.15, 0.2) is 60.9 Å². The molecule has 0 aliphatic heterocycles. The molecule has 7 heteroatoms. The lowest BCUT2D eigenvalue weighted by Crippen LogP contribution is -2.37. The molecule has 0 radical (unpaired) electrons. The zero-order chi connectivity index (χ0) is 25.8. The molecule has 1 heterocycles. The monoisotopic (exact) mass is 500 g/mol. The van der Waals surface area contributed by atoms with E-state index in [4.69, 9.17) is 9.47 Å². The molecule has 0 N–H and O–H groups in total. The first kappa shape index (κ1) is 27.7. The van der Waals surface area contributed by atoms with E-state index < -0.39 is 18.9 Å². The quantitative estimate of drug-likeness (QED) is 0.210. The van der Waals surface area contributed by atoms with Gasteiger partial charge in [0, 0.05) is 12.2 Å². The van der Waals surface area contributed by atoms with E-state index in [9.17, 15) is 13.2 Å². The van der Waals surface area contributed by atoms with Crippen LogP contribution in [0.5, 0.6) is 5.75 Å². The van der Waals surface area contributed by atoms with Gasteiger partial charge in [-0.15, -0.1) is 0 Å². The summed E-state index contributed by atoms with van der Waals surface area (Å²) in [4.78, 5) is 8.53. The molecule has 0 aliphatic carbocycles. The fourth-order valence-electron chi connectivity index (χ4n) is 3.78. The molecule has 1 aromatic heterocycles. The number of ether oxygens (including phenoxy) is 2. The smallest absolute Gasteiger partial charge is 0.417 e. The van der Waals surface area contributed by atoms with Crippen LogP contribution in [-0.4, -0.2) is 35.5 Å². The Morgan fingerprint density at radius 3 is 1.89 bits per heavy atom. The minimum absolute atomic E-state index is 0.0515. The molecule has 2 aromatic carbocycles. The van der Waals surface area contributed by atoms with Crippen LogP contribution in [0.1, 0.15) is 57.9 Å². The Balaban J connectivity index is 1.56. The van der Waals surface area contributed by atoms with Crippen molar-refractivity contribution in [3.8, 4) is 28.3 Å². The first-order valence-electron chi connectivity index (χ1n) is 12.7. The highest BCUT2D eigenvalue weighted by atomic mass is 19.4. The van der Waals surface area contributed by atoms with E-state index in [2.05, 4.69) is 41.2 Å². The number of halogens is 3. The Bertz CT molecular complexity index is 1020. The number of aromatic nitrogens is 2. The fourth-order valence-corrected chi connectivity index (χ4v) is 3.78. The first-order chi connectivity index (χ1) is 17.4. The highest BCUT2D eigenvalue weighted by Gasteiger charge is 2.41. The van der Waals surface area contributed by atoms with Crippen LogP contribution in [0.2, 0.25) is 0 Å². The van der Waals surface area contributed by atoms with E-state index >= 15 is 0 Å². The Hall–Kier alpha value is -2.93. The van der Waals surface area contributed by atoms with Gasteiger partial charge in [-0.1, -0.05) is 88.1 Å². The number of alkyl halides is 3. The summed E-state index contributed by atoms with van der Waals surface area (Å²) < 4.78 is 50.0. The zero-order valence-corrected chi connectivity index (χ0v) is 21.1. The molecular weight excluding hydrogens is 465 g/mol. The summed E-state index contributed by atoms with van der Waals surface area (Å²) in [5, 5.41) is 0. The largest absolute Gasteiger partial charge is 0.487 e. The van der Waals surface area contributed by atoms with Gasteiger partial charge in [0.15, 0.2) is 17.7 Å². The van der Waals surface area contributed by atoms with Crippen LogP contribution < -0.4 is 4.74 Å². The molecule has 0 saturated heterocycles. The second-order valence-electron chi connectivity index (χ2n) is 8.89. The lowest BCUT2D eigenvalue weighted by molar-refractivity contribution is -0.227. The molecule has 3 rings (SSSR count). The third-order valence-electron chi connectivity index (χ3n) is 5.96. The summed E-state index contributed by atoms with van der Waals surface area (Å²) in [6.07, 6.45) is 3.41. The summed E-state index contributed by atoms with van der Waals surface area (Å²) >= 11 is 0. The molecule has 1 atom stereocenters. The standard InChI is InChI=1S/C29H35F3N2O2/c1-3-5-7-9-22-10-12-23(13-11-22)24-14-16-25(17-15-24)28-33-19-26(20-34-28)36-21-27(29(30,31)32)35-18-8-6-4-2/h10-17,19-20,27H,3-9,18,21H2,1-2H3. The first-order valence-corrected chi connectivity index (χ1v) is 12.7. The minimum atomic E-state index is -4.50. The lowest BCUT2D eigenvalue weighted by Gasteiger charge is -2.21.